The van der Waals surface area contributed by atoms with Gasteiger partial charge in [0.25, 0.3) is 0 Å². The van der Waals surface area contributed by atoms with Crippen molar-refractivity contribution >= 4 is 32.9 Å². The summed E-state index contributed by atoms with van der Waals surface area (Å²) in [6, 6.07) is 0. The van der Waals surface area contributed by atoms with Crippen LogP contribution in [0.3, 0.4) is 0 Å². The van der Waals surface area contributed by atoms with Crippen molar-refractivity contribution in [2.45, 2.75) is 20.8 Å². The second-order valence-corrected chi connectivity index (χ2v) is 5.61. The van der Waals surface area contributed by atoms with Gasteiger partial charge in [-0.1, -0.05) is 11.3 Å². The first-order chi connectivity index (χ1) is 8.78. The molecule has 0 aliphatic carbocycles. The van der Waals surface area contributed by atoms with E-state index in [-0.39, 0.29) is 0 Å². The van der Waals surface area contributed by atoms with Gasteiger partial charge in [-0.15, -0.1) is 11.3 Å². The Balaban J connectivity index is 2.17. The van der Waals surface area contributed by atoms with Gasteiger partial charge in [-0.05, 0) is 20.8 Å². The van der Waals surface area contributed by atoms with Crippen molar-refractivity contribution in [3.05, 3.63) is 11.6 Å². The van der Waals surface area contributed by atoms with Gasteiger partial charge >= 0.3 is 0 Å². The third-order valence-corrected chi connectivity index (χ3v) is 4.49. The average Bonchev–Trinajstić information content (AvgIpc) is 3.00. The minimum atomic E-state index is 0.903. The molecule has 0 spiro atoms. The van der Waals surface area contributed by atoms with Crippen LogP contribution in [0.4, 0.5) is 10.3 Å². The summed E-state index contributed by atoms with van der Waals surface area (Å²) in [6.45, 7) is 9.26. The number of rotatable bonds is 6. The molecule has 0 aliphatic rings. The SMILES string of the molecule is CCNc1nc(-c2cnc(N(CC)CC)s2)cs1. The Morgan fingerprint density at radius 2 is 2.06 bits per heavy atom. The van der Waals surface area contributed by atoms with Crippen LogP contribution in [0.15, 0.2) is 11.6 Å². The first kappa shape index (κ1) is 13.3. The largest absolute Gasteiger partial charge is 0.362 e. The Labute approximate surface area is 116 Å². The lowest BCUT2D eigenvalue weighted by atomic mass is 10.4. The predicted octanol–water partition coefficient (Wildman–Crippen LogP) is 3.54. The number of nitrogens with one attached hydrogen (secondary N) is 1. The first-order valence-electron chi connectivity index (χ1n) is 6.19. The molecule has 98 valence electrons. The van der Waals surface area contributed by atoms with Crippen LogP contribution >= 0.6 is 22.7 Å². The first-order valence-corrected chi connectivity index (χ1v) is 7.88. The zero-order valence-electron chi connectivity index (χ0n) is 10.9. The summed E-state index contributed by atoms with van der Waals surface area (Å²) in [4.78, 5) is 12.4. The summed E-state index contributed by atoms with van der Waals surface area (Å²) >= 11 is 3.35. The fraction of sp³-hybridized carbons (Fsp3) is 0.500. The highest BCUT2D eigenvalue weighted by Gasteiger charge is 2.11. The number of nitrogens with zero attached hydrogens (tertiary/aromatic N) is 3. The van der Waals surface area contributed by atoms with Crippen LogP contribution in [-0.2, 0) is 0 Å². The molecule has 2 rings (SSSR count). The third kappa shape index (κ3) is 2.81. The molecule has 2 heterocycles. The molecule has 1 N–H and O–H groups in total. The maximum Gasteiger partial charge on any atom is 0.185 e. The molecule has 0 unspecified atom stereocenters. The average molecular weight is 282 g/mol. The summed E-state index contributed by atoms with van der Waals surface area (Å²) in [5, 5.41) is 7.37. The topological polar surface area (TPSA) is 41.1 Å². The molecular weight excluding hydrogens is 264 g/mol. The predicted molar refractivity (Wildman–Crippen MR) is 80.9 cm³/mol. The summed E-state index contributed by atoms with van der Waals surface area (Å²) in [6.07, 6.45) is 1.92. The van der Waals surface area contributed by atoms with Crippen LogP contribution in [0.2, 0.25) is 0 Å². The lowest BCUT2D eigenvalue weighted by molar-refractivity contribution is 0.860. The van der Waals surface area contributed by atoms with Crippen LogP contribution in [0.5, 0.6) is 0 Å². The zero-order chi connectivity index (χ0) is 13.0. The molecule has 4 nitrogen and oxygen atoms in total. The number of hydrogen-bond donors (Lipinski definition) is 1. The normalized spacial score (nSPS) is 10.6. The molecule has 0 bridgehead atoms. The van der Waals surface area contributed by atoms with Gasteiger partial charge in [0.15, 0.2) is 10.3 Å². The molecule has 0 fully saturated rings. The number of anilines is 2. The smallest absolute Gasteiger partial charge is 0.185 e. The Bertz CT molecular complexity index is 488. The van der Waals surface area contributed by atoms with Crippen molar-refractivity contribution in [3.63, 3.8) is 0 Å². The molecule has 2 aromatic heterocycles. The van der Waals surface area contributed by atoms with E-state index >= 15 is 0 Å². The lowest BCUT2D eigenvalue weighted by Gasteiger charge is -2.16. The van der Waals surface area contributed by atoms with E-state index in [1.165, 1.54) is 0 Å². The number of aromatic nitrogens is 2. The molecule has 0 aromatic carbocycles. The van der Waals surface area contributed by atoms with E-state index in [2.05, 4.69) is 46.3 Å². The Kier molecular flexibility index (Phi) is 4.54. The number of thiazole rings is 2. The van der Waals surface area contributed by atoms with E-state index in [9.17, 15) is 0 Å². The summed E-state index contributed by atoms with van der Waals surface area (Å²) < 4.78 is 0. The highest BCUT2D eigenvalue weighted by atomic mass is 32.1. The maximum atomic E-state index is 4.55. The van der Waals surface area contributed by atoms with E-state index in [4.69, 9.17) is 0 Å². The van der Waals surface area contributed by atoms with Gasteiger partial charge < -0.3 is 10.2 Å². The Morgan fingerprint density at radius 1 is 1.28 bits per heavy atom. The van der Waals surface area contributed by atoms with Gasteiger partial charge in [-0.3, -0.25) is 0 Å². The highest BCUT2D eigenvalue weighted by molar-refractivity contribution is 7.19. The molecule has 2 aromatic rings. The molecule has 0 saturated carbocycles. The van der Waals surface area contributed by atoms with Crippen LogP contribution in [0, 0.1) is 0 Å². The van der Waals surface area contributed by atoms with Gasteiger partial charge in [0.2, 0.25) is 0 Å². The lowest BCUT2D eigenvalue weighted by Crippen LogP contribution is -2.21. The molecule has 0 amide bonds. The monoisotopic (exact) mass is 282 g/mol. The van der Waals surface area contributed by atoms with Crippen LogP contribution in [0.1, 0.15) is 20.8 Å². The van der Waals surface area contributed by atoms with Crippen molar-refractivity contribution in [2.24, 2.45) is 0 Å². The molecule has 6 heteroatoms. The Hall–Kier alpha value is -1.14. The fourth-order valence-corrected chi connectivity index (χ4v) is 3.50. The van der Waals surface area contributed by atoms with Crippen molar-refractivity contribution in [1.29, 1.82) is 0 Å². The molecule has 0 aliphatic heterocycles. The van der Waals surface area contributed by atoms with E-state index in [0.717, 1.165) is 40.5 Å². The molecule has 0 radical (unpaired) electrons. The summed E-state index contributed by atoms with van der Waals surface area (Å²) in [5.74, 6) is 0. The van der Waals surface area contributed by atoms with E-state index in [0.29, 0.717) is 0 Å². The molecule has 0 atom stereocenters. The third-order valence-electron chi connectivity index (χ3n) is 2.61. The van der Waals surface area contributed by atoms with Gasteiger partial charge in [0, 0.05) is 31.2 Å². The van der Waals surface area contributed by atoms with Gasteiger partial charge in [-0.2, -0.15) is 0 Å². The minimum Gasteiger partial charge on any atom is -0.362 e. The van der Waals surface area contributed by atoms with E-state index in [1.54, 1.807) is 22.7 Å². The van der Waals surface area contributed by atoms with Crippen molar-refractivity contribution in [3.8, 4) is 10.6 Å². The van der Waals surface area contributed by atoms with Crippen LogP contribution < -0.4 is 10.2 Å². The zero-order valence-corrected chi connectivity index (χ0v) is 12.6. The van der Waals surface area contributed by atoms with Gasteiger partial charge in [0.05, 0.1) is 10.6 Å². The van der Waals surface area contributed by atoms with E-state index < -0.39 is 0 Å². The summed E-state index contributed by atoms with van der Waals surface area (Å²) in [7, 11) is 0. The second-order valence-electron chi connectivity index (χ2n) is 3.75. The van der Waals surface area contributed by atoms with Crippen molar-refractivity contribution in [2.75, 3.05) is 29.9 Å². The summed E-state index contributed by atoms with van der Waals surface area (Å²) in [5.41, 5.74) is 1.02. The second kappa shape index (κ2) is 6.15. The van der Waals surface area contributed by atoms with Gasteiger partial charge in [0.1, 0.15) is 0 Å². The molecular formula is C12H18N4S2. The maximum absolute atomic E-state index is 4.55. The molecule has 18 heavy (non-hydrogen) atoms. The fourth-order valence-electron chi connectivity index (χ4n) is 1.64. The Morgan fingerprint density at radius 3 is 2.72 bits per heavy atom. The quantitative estimate of drug-likeness (QED) is 0.880. The van der Waals surface area contributed by atoms with Crippen LogP contribution in [-0.4, -0.2) is 29.6 Å². The number of hydrogen-bond acceptors (Lipinski definition) is 6. The molecule has 0 saturated heterocycles. The standard InChI is InChI=1S/C12H18N4S2/c1-4-13-11-15-9(8-17-11)10-7-14-12(18-10)16(5-2)6-3/h7-8H,4-6H2,1-3H3,(H,13,15). The van der Waals surface area contributed by atoms with Crippen molar-refractivity contribution in [1.82, 2.24) is 9.97 Å². The van der Waals surface area contributed by atoms with E-state index in [1.807, 2.05) is 6.20 Å². The van der Waals surface area contributed by atoms with Crippen LogP contribution in [0.25, 0.3) is 10.6 Å². The highest BCUT2D eigenvalue weighted by Crippen LogP contribution is 2.32. The van der Waals surface area contributed by atoms with Gasteiger partial charge in [-0.25, -0.2) is 9.97 Å². The minimum absolute atomic E-state index is 0.903. The van der Waals surface area contributed by atoms with Crippen molar-refractivity contribution < 1.29 is 0 Å².